The zero-order chi connectivity index (χ0) is 24.9. The lowest BCUT2D eigenvalue weighted by Crippen LogP contribution is -2.55. The number of benzene rings is 1. The van der Waals surface area contributed by atoms with Crippen molar-refractivity contribution in [1.29, 1.82) is 0 Å². The van der Waals surface area contributed by atoms with Crippen LogP contribution in [0.25, 0.3) is 0 Å². The summed E-state index contributed by atoms with van der Waals surface area (Å²) in [5.74, 6) is -1.02. The number of piperazine rings is 1. The molecule has 1 aliphatic carbocycles. The first-order valence-electron chi connectivity index (χ1n) is 11.5. The van der Waals surface area contributed by atoms with Crippen molar-refractivity contribution >= 4 is 27.9 Å². The minimum Gasteiger partial charge on any atom is -0.338 e. The number of rotatable bonds is 4. The highest BCUT2D eigenvalue weighted by Gasteiger charge is 2.56. The number of carbonyl (C=O) groups excluding carboxylic acids is 3. The van der Waals surface area contributed by atoms with Crippen LogP contribution in [0, 0.1) is 17.2 Å². The molecule has 3 fully saturated rings. The number of sulfonamides is 1. The maximum absolute atomic E-state index is 13.3. The smallest absolute Gasteiger partial charge is 0.325 e. The molecule has 2 unspecified atom stereocenters. The fourth-order valence-electron chi connectivity index (χ4n) is 5.82. The Morgan fingerprint density at radius 3 is 2.29 bits per heavy atom. The Kier molecular flexibility index (Phi) is 6.22. The van der Waals surface area contributed by atoms with Gasteiger partial charge in [-0.1, -0.05) is 20.8 Å². The summed E-state index contributed by atoms with van der Waals surface area (Å²) in [6.45, 7) is 6.27. The summed E-state index contributed by atoms with van der Waals surface area (Å²) in [5, 5.41) is 2.86. The van der Waals surface area contributed by atoms with Crippen molar-refractivity contribution in [3.8, 4) is 0 Å². The van der Waals surface area contributed by atoms with Gasteiger partial charge >= 0.3 is 6.03 Å². The van der Waals surface area contributed by atoms with E-state index in [9.17, 15) is 27.2 Å². The Labute approximate surface area is 199 Å². The van der Waals surface area contributed by atoms with Gasteiger partial charge in [-0.15, -0.1) is 0 Å². The third-order valence-electron chi connectivity index (χ3n) is 6.96. The van der Waals surface area contributed by atoms with Crippen LogP contribution < -0.4 is 5.32 Å². The lowest BCUT2D eigenvalue weighted by molar-refractivity contribution is -0.141. The summed E-state index contributed by atoms with van der Waals surface area (Å²) in [7, 11) is -3.80. The molecule has 2 saturated heterocycles. The van der Waals surface area contributed by atoms with Crippen LogP contribution in [0.1, 0.15) is 40.0 Å². The van der Waals surface area contributed by atoms with E-state index in [-0.39, 0.29) is 54.9 Å². The lowest BCUT2D eigenvalue weighted by atomic mass is 9.64. The van der Waals surface area contributed by atoms with Gasteiger partial charge in [0.1, 0.15) is 17.9 Å². The monoisotopic (exact) mass is 494 g/mol. The van der Waals surface area contributed by atoms with Gasteiger partial charge in [0, 0.05) is 26.2 Å². The van der Waals surface area contributed by atoms with Crippen LogP contribution in [0.5, 0.6) is 0 Å². The number of carbonyl (C=O) groups is 3. The Hall–Kier alpha value is -2.53. The Balaban J connectivity index is 1.38. The number of hydrogen-bond donors (Lipinski definition) is 1. The summed E-state index contributed by atoms with van der Waals surface area (Å²) in [6.07, 6.45) is 2.03. The number of urea groups is 1. The van der Waals surface area contributed by atoms with E-state index < -0.39 is 33.3 Å². The van der Waals surface area contributed by atoms with Crippen LogP contribution in [0.3, 0.4) is 0 Å². The summed E-state index contributed by atoms with van der Waals surface area (Å²) in [6, 6.07) is 4.05. The van der Waals surface area contributed by atoms with Crippen molar-refractivity contribution in [2.75, 3.05) is 32.7 Å². The van der Waals surface area contributed by atoms with Crippen molar-refractivity contribution in [2.24, 2.45) is 11.3 Å². The molecule has 1 spiro atoms. The van der Waals surface area contributed by atoms with Crippen LogP contribution in [0.4, 0.5) is 9.18 Å². The summed E-state index contributed by atoms with van der Waals surface area (Å²) >= 11 is 0. The Bertz CT molecular complexity index is 1100. The predicted octanol–water partition coefficient (Wildman–Crippen LogP) is 1.80. The van der Waals surface area contributed by atoms with Gasteiger partial charge in [-0.2, -0.15) is 4.31 Å². The zero-order valence-corrected chi connectivity index (χ0v) is 20.5. The van der Waals surface area contributed by atoms with Crippen molar-refractivity contribution in [3.63, 3.8) is 0 Å². The van der Waals surface area contributed by atoms with E-state index in [2.05, 4.69) is 26.1 Å². The molecule has 9 nitrogen and oxygen atoms in total. The summed E-state index contributed by atoms with van der Waals surface area (Å²) in [4.78, 5) is 41.3. The number of amides is 4. The normalized spacial score (nSPS) is 27.8. The van der Waals surface area contributed by atoms with Crippen LogP contribution in [-0.4, -0.2) is 78.6 Å². The molecule has 0 bridgehead atoms. The fourth-order valence-corrected chi connectivity index (χ4v) is 7.24. The van der Waals surface area contributed by atoms with Gasteiger partial charge in [-0.05, 0) is 54.9 Å². The first kappa shape index (κ1) is 24.6. The average molecular weight is 495 g/mol. The third kappa shape index (κ3) is 4.55. The molecule has 0 aromatic heterocycles. The molecule has 1 N–H and O–H groups in total. The molecule has 2 atom stereocenters. The molecule has 1 aromatic rings. The molecular formula is C23H31FN4O5S. The minimum atomic E-state index is -3.80. The molecule has 186 valence electrons. The Morgan fingerprint density at radius 2 is 1.71 bits per heavy atom. The standard InChI is InChI=1S/C23H31FN4O5S/c1-16-12-22(2,3)15-23(13-16)20(30)28(21(31)25-23)14-19(29)26-8-10-27(11-9-26)34(32,33)18-6-4-17(24)5-7-18/h4-7,16H,8-15H2,1-3H3,(H,25,31). The van der Waals surface area contributed by atoms with Crippen molar-refractivity contribution in [3.05, 3.63) is 30.1 Å². The highest BCUT2D eigenvalue weighted by atomic mass is 32.2. The molecule has 1 saturated carbocycles. The molecule has 11 heteroatoms. The van der Waals surface area contributed by atoms with E-state index >= 15 is 0 Å². The highest BCUT2D eigenvalue weighted by Crippen LogP contribution is 2.46. The maximum atomic E-state index is 13.3. The van der Waals surface area contributed by atoms with E-state index in [1.54, 1.807) is 0 Å². The van der Waals surface area contributed by atoms with Gasteiger partial charge in [-0.3, -0.25) is 14.5 Å². The van der Waals surface area contributed by atoms with E-state index in [4.69, 9.17) is 0 Å². The average Bonchev–Trinajstić information content (AvgIpc) is 2.95. The number of imide groups is 1. The maximum Gasteiger partial charge on any atom is 0.325 e. The summed E-state index contributed by atoms with van der Waals surface area (Å²) in [5.41, 5.74) is -1.08. The van der Waals surface area contributed by atoms with Gasteiger partial charge in [0.2, 0.25) is 15.9 Å². The lowest BCUT2D eigenvalue weighted by Gasteiger charge is -2.43. The summed E-state index contributed by atoms with van der Waals surface area (Å²) < 4.78 is 40.0. The second-order valence-electron chi connectivity index (χ2n) is 10.5. The molecule has 4 rings (SSSR count). The van der Waals surface area contributed by atoms with Crippen molar-refractivity contribution in [1.82, 2.24) is 19.4 Å². The minimum absolute atomic E-state index is 0.0112. The van der Waals surface area contributed by atoms with Crippen molar-refractivity contribution < 1.29 is 27.2 Å². The SMILES string of the molecule is CC1CC(C)(C)CC2(C1)NC(=O)N(CC(=O)N1CCN(S(=O)(=O)c3ccc(F)cc3)CC1)C2=O. The molecule has 2 aliphatic heterocycles. The first-order valence-corrected chi connectivity index (χ1v) is 12.9. The topological polar surface area (TPSA) is 107 Å². The number of nitrogens with one attached hydrogen (secondary N) is 1. The van der Waals surface area contributed by atoms with Crippen LogP contribution >= 0.6 is 0 Å². The van der Waals surface area contributed by atoms with Gasteiger partial charge < -0.3 is 10.2 Å². The predicted molar refractivity (Wildman–Crippen MR) is 122 cm³/mol. The number of hydrogen-bond acceptors (Lipinski definition) is 5. The zero-order valence-electron chi connectivity index (χ0n) is 19.7. The number of nitrogens with zero attached hydrogens (tertiary/aromatic N) is 3. The quantitative estimate of drug-likeness (QED) is 0.643. The molecule has 34 heavy (non-hydrogen) atoms. The number of halogens is 1. The molecule has 0 radical (unpaired) electrons. The third-order valence-corrected chi connectivity index (χ3v) is 8.87. The molecule has 4 amide bonds. The van der Waals surface area contributed by atoms with Gasteiger partial charge in [-0.25, -0.2) is 17.6 Å². The molecular weight excluding hydrogens is 463 g/mol. The van der Waals surface area contributed by atoms with Gasteiger partial charge in [0.05, 0.1) is 4.90 Å². The molecule has 1 aromatic carbocycles. The van der Waals surface area contributed by atoms with Crippen LogP contribution in [0.2, 0.25) is 0 Å². The van der Waals surface area contributed by atoms with Crippen molar-refractivity contribution in [2.45, 2.75) is 50.5 Å². The molecule has 2 heterocycles. The van der Waals surface area contributed by atoms with Crippen LogP contribution in [0.15, 0.2) is 29.2 Å². The highest BCUT2D eigenvalue weighted by molar-refractivity contribution is 7.89. The van der Waals surface area contributed by atoms with Gasteiger partial charge in [0.15, 0.2) is 0 Å². The largest absolute Gasteiger partial charge is 0.338 e. The van der Waals surface area contributed by atoms with Gasteiger partial charge in [0.25, 0.3) is 5.91 Å². The molecule has 3 aliphatic rings. The van der Waals surface area contributed by atoms with E-state index in [1.165, 1.54) is 21.3 Å². The fraction of sp³-hybridized carbons (Fsp3) is 0.609. The van der Waals surface area contributed by atoms with Crippen LogP contribution in [-0.2, 0) is 19.6 Å². The van der Waals surface area contributed by atoms with E-state index in [1.807, 2.05) is 0 Å². The second kappa shape index (κ2) is 8.60. The van der Waals surface area contributed by atoms with E-state index in [0.29, 0.717) is 12.8 Å². The first-order chi connectivity index (χ1) is 15.8. The second-order valence-corrected chi connectivity index (χ2v) is 12.4. The van der Waals surface area contributed by atoms with E-state index in [0.717, 1.165) is 23.5 Å². The Morgan fingerprint density at radius 1 is 1.09 bits per heavy atom.